The molecule has 0 aromatic carbocycles. The lowest BCUT2D eigenvalue weighted by Crippen LogP contribution is -2.22. The van der Waals surface area contributed by atoms with Crippen molar-refractivity contribution in [3.8, 4) is 0 Å². The van der Waals surface area contributed by atoms with Gasteiger partial charge in [0.15, 0.2) is 0 Å². The molecule has 4 heteroatoms. The second-order valence-corrected chi connectivity index (χ2v) is 4.72. The average molecular weight is 228 g/mol. The largest absolute Gasteiger partial charge is 0.321 e. The van der Waals surface area contributed by atoms with Crippen LogP contribution in [0.1, 0.15) is 31.5 Å². The number of nitrogens with zero attached hydrogens (tertiary/aromatic N) is 2. The zero-order chi connectivity index (χ0) is 10.7. The van der Waals surface area contributed by atoms with E-state index in [0.29, 0.717) is 5.15 Å². The molecule has 3 nitrogen and oxygen atoms in total. The highest BCUT2D eigenvalue weighted by Crippen LogP contribution is 2.23. The molecule has 1 aliphatic carbocycles. The molecule has 0 unspecified atom stereocenters. The van der Waals surface area contributed by atoms with Gasteiger partial charge in [0.2, 0.25) is 0 Å². The molecule has 0 bridgehead atoms. The molecule has 1 fully saturated rings. The Morgan fingerprint density at radius 2 is 2.27 bits per heavy atom. The van der Waals surface area contributed by atoms with Crippen molar-refractivity contribution in [3.05, 3.63) is 17.2 Å². The maximum atomic E-state index is 5.91. The van der Waals surface area contributed by atoms with Crippen LogP contribution < -0.4 is 5.32 Å². The van der Waals surface area contributed by atoms with Crippen LogP contribution in [0.5, 0.6) is 0 Å². The molecule has 0 aliphatic heterocycles. The van der Waals surface area contributed by atoms with Gasteiger partial charge in [-0.3, -0.25) is 0 Å². The highest BCUT2D eigenvalue weighted by Gasteiger charge is 2.14. The molecule has 0 radical (unpaired) electrons. The standard InChI is InChI=1S/C11H18ClN3/c1-15-10(12)7-14-11(15)8-13-6-9-4-2-3-5-9/h7,9,13H,2-6,8H2,1H3. The first-order chi connectivity index (χ1) is 7.27. The summed E-state index contributed by atoms with van der Waals surface area (Å²) in [6, 6.07) is 0. The quantitative estimate of drug-likeness (QED) is 0.856. The predicted molar refractivity (Wildman–Crippen MR) is 61.9 cm³/mol. The Morgan fingerprint density at radius 1 is 1.53 bits per heavy atom. The number of hydrogen-bond acceptors (Lipinski definition) is 2. The summed E-state index contributed by atoms with van der Waals surface area (Å²) in [6.07, 6.45) is 7.28. The lowest BCUT2D eigenvalue weighted by atomic mass is 10.1. The molecule has 15 heavy (non-hydrogen) atoms. The second kappa shape index (κ2) is 4.99. The molecule has 0 spiro atoms. The SMILES string of the molecule is Cn1c(Cl)cnc1CNCC1CCCC1. The molecule has 1 aromatic heterocycles. The monoisotopic (exact) mass is 227 g/mol. The van der Waals surface area contributed by atoms with Crippen LogP contribution in [0.15, 0.2) is 6.20 Å². The van der Waals surface area contributed by atoms with Crippen LogP contribution in [0.2, 0.25) is 5.15 Å². The third-order valence-corrected chi connectivity index (χ3v) is 3.57. The van der Waals surface area contributed by atoms with Crippen molar-refractivity contribution < 1.29 is 0 Å². The summed E-state index contributed by atoms with van der Waals surface area (Å²) in [7, 11) is 1.95. The lowest BCUT2D eigenvalue weighted by molar-refractivity contribution is 0.481. The van der Waals surface area contributed by atoms with Crippen molar-refractivity contribution in [1.29, 1.82) is 0 Å². The molecule has 1 aliphatic rings. The van der Waals surface area contributed by atoms with Crippen molar-refractivity contribution in [2.24, 2.45) is 13.0 Å². The van der Waals surface area contributed by atoms with Crippen LogP contribution in [-0.4, -0.2) is 16.1 Å². The van der Waals surface area contributed by atoms with Crippen LogP contribution in [0.3, 0.4) is 0 Å². The smallest absolute Gasteiger partial charge is 0.128 e. The van der Waals surface area contributed by atoms with E-state index in [2.05, 4.69) is 10.3 Å². The Balaban J connectivity index is 1.75. The van der Waals surface area contributed by atoms with Gasteiger partial charge in [0.25, 0.3) is 0 Å². The van der Waals surface area contributed by atoms with Gasteiger partial charge in [-0.1, -0.05) is 24.4 Å². The topological polar surface area (TPSA) is 29.9 Å². The Morgan fingerprint density at radius 3 is 2.87 bits per heavy atom. The van der Waals surface area contributed by atoms with Crippen LogP contribution >= 0.6 is 11.6 Å². The van der Waals surface area contributed by atoms with E-state index < -0.39 is 0 Å². The minimum Gasteiger partial charge on any atom is -0.321 e. The third-order valence-electron chi connectivity index (χ3n) is 3.22. The Hall–Kier alpha value is -0.540. The van der Waals surface area contributed by atoms with Crippen LogP contribution in [0, 0.1) is 5.92 Å². The molecule has 1 aromatic rings. The van der Waals surface area contributed by atoms with Gasteiger partial charge in [0, 0.05) is 7.05 Å². The van der Waals surface area contributed by atoms with Gasteiger partial charge in [-0.15, -0.1) is 0 Å². The van der Waals surface area contributed by atoms with Crippen molar-refractivity contribution in [2.75, 3.05) is 6.54 Å². The third kappa shape index (κ3) is 2.73. The molecule has 0 atom stereocenters. The van der Waals surface area contributed by atoms with E-state index in [-0.39, 0.29) is 0 Å². The van der Waals surface area contributed by atoms with E-state index in [1.807, 2.05) is 11.6 Å². The number of aromatic nitrogens is 2. The zero-order valence-electron chi connectivity index (χ0n) is 9.17. The average Bonchev–Trinajstić information content (AvgIpc) is 2.83. The maximum Gasteiger partial charge on any atom is 0.128 e. The number of halogens is 1. The Labute approximate surface area is 95.8 Å². The van der Waals surface area contributed by atoms with Crippen molar-refractivity contribution in [1.82, 2.24) is 14.9 Å². The summed E-state index contributed by atoms with van der Waals surface area (Å²) in [6.45, 7) is 1.93. The van der Waals surface area contributed by atoms with Crippen LogP contribution in [0.25, 0.3) is 0 Å². The molecule has 1 N–H and O–H groups in total. The van der Waals surface area contributed by atoms with Crippen molar-refractivity contribution in [2.45, 2.75) is 32.2 Å². The van der Waals surface area contributed by atoms with Gasteiger partial charge in [-0.05, 0) is 25.3 Å². The van der Waals surface area contributed by atoms with Gasteiger partial charge < -0.3 is 9.88 Å². The van der Waals surface area contributed by atoms with Gasteiger partial charge in [0.05, 0.1) is 12.7 Å². The first-order valence-corrected chi connectivity index (χ1v) is 6.02. The molecule has 2 rings (SSSR count). The molecule has 0 amide bonds. The fraction of sp³-hybridized carbons (Fsp3) is 0.727. The molecule has 84 valence electrons. The Bertz CT molecular complexity index is 316. The summed E-state index contributed by atoms with van der Waals surface area (Å²) in [5, 5.41) is 4.16. The van der Waals surface area contributed by atoms with E-state index in [4.69, 9.17) is 11.6 Å². The van der Waals surface area contributed by atoms with Gasteiger partial charge >= 0.3 is 0 Å². The van der Waals surface area contributed by atoms with Crippen LogP contribution in [0.4, 0.5) is 0 Å². The summed E-state index contributed by atoms with van der Waals surface area (Å²) < 4.78 is 1.92. The second-order valence-electron chi connectivity index (χ2n) is 4.34. The van der Waals surface area contributed by atoms with E-state index in [1.54, 1.807) is 6.20 Å². The normalized spacial score (nSPS) is 17.5. The minimum atomic E-state index is 0.702. The highest BCUT2D eigenvalue weighted by atomic mass is 35.5. The summed E-state index contributed by atoms with van der Waals surface area (Å²) in [5.41, 5.74) is 0. The van der Waals surface area contributed by atoms with Gasteiger partial charge in [-0.25, -0.2) is 4.98 Å². The fourth-order valence-electron chi connectivity index (χ4n) is 2.19. The molecule has 0 saturated heterocycles. The van der Waals surface area contributed by atoms with E-state index in [9.17, 15) is 0 Å². The van der Waals surface area contributed by atoms with Gasteiger partial charge in [0.1, 0.15) is 11.0 Å². The molecular formula is C11H18ClN3. The first-order valence-electron chi connectivity index (χ1n) is 5.64. The highest BCUT2D eigenvalue weighted by molar-refractivity contribution is 6.29. The lowest BCUT2D eigenvalue weighted by Gasteiger charge is -2.10. The Kier molecular flexibility index (Phi) is 3.65. The van der Waals surface area contributed by atoms with Crippen molar-refractivity contribution in [3.63, 3.8) is 0 Å². The molecule has 1 heterocycles. The predicted octanol–water partition coefficient (Wildman–Crippen LogP) is 2.35. The minimum absolute atomic E-state index is 0.702. The summed E-state index contributed by atoms with van der Waals surface area (Å²) >= 11 is 5.91. The summed E-state index contributed by atoms with van der Waals surface area (Å²) in [5.74, 6) is 1.89. The van der Waals surface area contributed by atoms with Crippen molar-refractivity contribution >= 4 is 11.6 Å². The van der Waals surface area contributed by atoms with E-state index >= 15 is 0 Å². The summed E-state index contributed by atoms with van der Waals surface area (Å²) in [4.78, 5) is 4.25. The van der Waals surface area contributed by atoms with E-state index in [0.717, 1.165) is 24.8 Å². The number of rotatable bonds is 4. The maximum absolute atomic E-state index is 5.91. The number of nitrogens with one attached hydrogen (secondary N) is 1. The first kappa shape index (κ1) is 11.0. The molecule has 1 saturated carbocycles. The number of hydrogen-bond donors (Lipinski definition) is 1. The zero-order valence-corrected chi connectivity index (χ0v) is 9.93. The molecular weight excluding hydrogens is 210 g/mol. The number of imidazole rings is 1. The fourth-order valence-corrected chi connectivity index (χ4v) is 2.34. The van der Waals surface area contributed by atoms with Crippen LogP contribution in [-0.2, 0) is 13.6 Å². The van der Waals surface area contributed by atoms with E-state index in [1.165, 1.54) is 25.7 Å². The van der Waals surface area contributed by atoms with Gasteiger partial charge in [-0.2, -0.15) is 0 Å².